The topological polar surface area (TPSA) is 53.8 Å². The van der Waals surface area contributed by atoms with Crippen LogP contribution < -0.4 is 10.1 Å². The van der Waals surface area contributed by atoms with Crippen LogP contribution in [0.2, 0.25) is 10.0 Å². The minimum atomic E-state index is -0.729. The van der Waals surface area contributed by atoms with Crippen LogP contribution in [0, 0.1) is 5.82 Å². The van der Waals surface area contributed by atoms with Gasteiger partial charge in [0.2, 0.25) is 0 Å². The first-order chi connectivity index (χ1) is 14.5. The maximum atomic E-state index is 14.7. The van der Waals surface area contributed by atoms with Gasteiger partial charge in [-0.2, -0.15) is 0 Å². The molecule has 1 heterocycles. The summed E-state index contributed by atoms with van der Waals surface area (Å²) in [5.74, 6) is 0.381. The summed E-state index contributed by atoms with van der Waals surface area (Å²) >= 11 is 12.5. The first kappa shape index (κ1) is 20.7. The molecule has 0 bridgehead atoms. The van der Waals surface area contributed by atoms with Crippen molar-refractivity contribution in [3.05, 3.63) is 93.2 Å². The molecular formula is C23H19Cl2FN2O2. The molecule has 30 heavy (non-hydrogen) atoms. The van der Waals surface area contributed by atoms with Gasteiger partial charge in [-0.25, -0.2) is 4.39 Å². The maximum absolute atomic E-state index is 14.7. The molecule has 2 atom stereocenters. The smallest absolute Gasteiger partial charge is 0.131 e. The van der Waals surface area contributed by atoms with Crippen LogP contribution in [0.25, 0.3) is 0 Å². The molecule has 3 aromatic carbocycles. The van der Waals surface area contributed by atoms with E-state index in [0.29, 0.717) is 17.0 Å². The van der Waals surface area contributed by atoms with E-state index in [1.807, 2.05) is 24.3 Å². The predicted molar refractivity (Wildman–Crippen MR) is 117 cm³/mol. The molecule has 3 aromatic rings. The summed E-state index contributed by atoms with van der Waals surface area (Å²) in [5.41, 5.74) is 2.50. The molecule has 0 saturated heterocycles. The zero-order valence-electron chi connectivity index (χ0n) is 16.1. The van der Waals surface area contributed by atoms with E-state index in [9.17, 15) is 9.50 Å². The standard InChI is InChI=1S/C23H19Cl2FN2O2/c1-30-15-8-5-13(6-9-15)19-12-20(16-11-14(24)7-10-21(16)29)28-23(27-19)22-17(25)3-2-4-18(22)26/h2-11,20,23,28-29H,12H2,1H3. The van der Waals surface area contributed by atoms with E-state index in [2.05, 4.69) is 5.32 Å². The number of nitrogens with zero attached hydrogens (tertiary/aromatic N) is 1. The van der Waals surface area contributed by atoms with Crippen molar-refractivity contribution in [1.29, 1.82) is 0 Å². The highest BCUT2D eigenvalue weighted by Crippen LogP contribution is 2.38. The lowest BCUT2D eigenvalue weighted by Gasteiger charge is -2.31. The number of phenols is 1. The molecule has 0 spiro atoms. The zero-order valence-corrected chi connectivity index (χ0v) is 17.6. The van der Waals surface area contributed by atoms with E-state index in [-0.39, 0.29) is 22.4 Å². The van der Waals surface area contributed by atoms with Crippen LogP contribution >= 0.6 is 23.2 Å². The number of aromatic hydroxyl groups is 1. The van der Waals surface area contributed by atoms with Gasteiger partial charge in [0.1, 0.15) is 23.5 Å². The second-order valence-corrected chi connectivity index (χ2v) is 7.81. The molecule has 7 heteroatoms. The molecule has 2 unspecified atom stereocenters. The number of hydrogen-bond donors (Lipinski definition) is 2. The third kappa shape index (κ3) is 4.15. The number of nitrogens with one attached hydrogen (secondary N) is 1. The maximum Gasteiger partial charge on any atom is 0.131 e. The Bertz CT molecular complexity index is 1080. The van der Waals surface area contributed by atoms with Crippen molar-refractivity contribution in [2.45, 2.75) is 18.6 Å². The predicted octanol–water partition coefficient (Wildman–Crippen LogP) is 6.07. The zero-order chi connectivity index (χ0) is 21.3. The number of methoxy groups -OCH3 is 1. The van der Waals surface area contributed by atoms with Gasteiger partial charge in [0.25, 0.3) is 0 Å². The van der Waals surface area contributed by atoms with Gasteiger partial charge in [0, 0.05) is 34.3 Å². The average Bonchev–Trinajstić information content (AvgIpc) is 2.75. The summed E-state index contributed by atoms with van der Waals surface area (Å²) in [4.78, 5) is 4.75. The number of phenolic OH excluding ortho intramolecular Hbond substituents is 1. The Labute approximate surface area is 183 Å². The van der Waals surface area contributed by atoms with Crippen molar-refractivity contribution in [1.82, 2.24) is 5.32 Å². The molecule has 0 aromatic heterocycles. The number of rotatable bonds is 4. The van der Waals surface area contributed by atoms with Crippen LogP contribution in [-0.4, -0.2) is 17.9 Å². The highest BCUT2D eigenvalue weighted by Gasteiger charge is 2.30. The van der Waals surface area contributed by atoms with Crippen LogP contribution in [-0.2, 0) is 0 Å². The van der Waals surface area contributed by atoms with Gasteiger partial charge in [0.15, 0.2) is 0 Å². The third-order valence-electron chi connectivity index (χ3n) is 5.10. The van der Waals surface area contributed by atoms with Crippen molar-refractivity contribution in [3.63, 3.8) is 0 Å². The summed E-state index contributed by atoms with van der Waals surface area (Å²) in [5, 5.41) is 14.5. The van der Waals surface area contributed by atoms with E-state index >= 15 is 0 Å². The van der Waals surface area contributed by atoms with Crippen LogP contribution in [0.1, 0.15) is 35.3 Å². The Morgan fingerprint density at radius 1 is 1.10 bits per heavy atom. The molecule has 0 saturated carbocycles. The lowest BCUT2D eigenvalue weighted by molar-refractivity contribution is 0.405. The van der Waals surface area contributed by atoms with Gasteiger partial charge < -0.3 is 9.84 Å². The molecule has 0 fully saturated rings. The van der Waals surface area contributed by atoms with Gasteiger partial charge >= 0.3 is 0 Å². The largest absolute Gasteiger partial charge is 0.508 e. The Morgan fingerprint density at radius 2 is 1.87 bits per heavy atom. The second kappa shape index (κ2) is 8.64. The SMILES string of the molecule is COc1ccc(C2=NC(c3c(F)cccc3Cl)NC(c3cc(Cl)ccc3O)C2)cc1. The van der Waals surface area contributed by atoms with Crippen molar-refractivity contribution in [2.75, 3.05) is 7.11 Å². The fourth-order valence-corrected chi connectivity index (χ4v) is 4.04. The van der Waals surface area contributed by atoms with Crippen LogP contribution in [0.3, 0.4) is 0 Å². The summed E-state index contributed by atoms with van der Waals surface area (Å²) in [6, 6.07) is 16.5. The number of hydrogen-bond acceptors (Lipinski definition) is 4. The van der Waals surface area contributed by atoms with E-state index in [4.69, 9.17) is 32.9 Å². The van der Waals surface area contributed by atoms with E-state index in [0.717, 1.165) is 17.0 Å². The van der Waals surface area contributed by atoms with Crippen LogP contribution in [0.15, 0.2) is 65.7 Å². The van der Waals surface area contributed by atoms with Crippen molar-refractivity contribution >= 4 is 28.9 Å². The van der Waals surface area contributed by atoms with E-state index in [1.165, 1.54) is 6.07 Å². The average molecular weight is 445 g/mol. The molecule has 154 valence electrons. The van der Waals surface area contributed by atoms with Crippen molar-refractivity contribution in [3.8, 4) is 11.5 Å². The molecule has 0 amide bonds. The van der Waals surface area contributed by atoms with Crippen LogP contribution in [0.4, 0.5) is 4.39 Å². The highest BCUT2D eigenvalue weighted by molar-refractivity contribution is 6.31. The summed E-state index contributed by atoms with van der Waals surface area (Å²) in [6.45, 7) is 0. The van der Waals surface area contributed by atoms with E-state index < -0.39 is 12.0 Å². The molecule has 1 aliphatic heterocycles. The lowest BCUT2D eigenvalue weighted by atomic mass is 9.93. The molecule has 0 aliphatic carbocycles. The lowest BCUT2D eigenvalue weighted by Crippen LogP contribution is -2.33. The third-order valence-corrected chi connectivity index (χ3v) is 5.67. The van der Waals surface area contributed by atoms with Gasteiger partial charge in [-0.3, -0.25) is 10.3 Å². The fourth-order valence-electron chi connectivity index (χ4n) is 3.59. The quantitative estimate of drug-likeness (QED) is 0.513. The van der Waals surface area contributed by atoms with Gasteiger partial charge in [0.05, 0.1) is 12.1 Å². The second-order valence-electron chi connectivity index (χ2n) is 6.97. The first-order valence-corrected chi connectivity index (χ1v) is 10.1. The Kier molecular flexibility index (Phi) is 5.95. The van der Waals surface area contributed by atoms with Gasteiger partial charge in [-0.05, 0) is 60.2 Å². The highest BCUT2D eigenvalue weighted by atomic mass is 35.5. The number of benzene rings is 3. The Morgan fingerprint density at radius 3 is 2.57 bits per heavy atom. The summed E-state index contributed by atoms with van der Waals surface area (Å²) in [7, 11) is 1.60. The van der Waals surface area contributed by atoms with Gasteiger partial charge in [-0.15, -0.1) is 0 Å². The molecule has 1 aliphatic rings. The Hall–Kier alpha value is -2.60. The number of aliphatic imine (C=N–C) groups is 1. The summed E-state index contributed by atoms with van der Waals surface area (Å²) in [6.07, 6.45) is -0.254. The molecule has 4 rings (SSSR count). The Balaban J connectivity index is 1.80. The first-order valence-electron chi connectivity index (χ1n) is 9.35. The fraction of sp³-hybridized carbons (Fsp3) is 0.174. The van der Waals surface area contributed by atoms with Gasteiger partial charge in [-0.1, -0.05) is 29.3 Å². The minimum Gasteiger partial charge on any atom is -0.508 e. The number of halogens is 3. The molecule has 4 nitrogen and oxygen atoms in total. The molecular weight excluding hydrogens is 426 g/mol. The summed E-state index contributed by atoms with van der Waals surface area (Å²) < 4.78 is 19.9. The van der Waals surface area contributed by atoms with Crippen molar-refractivity contribution in [2.24, 2.45) is 4.99 Å². The monoisotopic (exact) mass is 444 g/mol. The molecule has 2 N–H and O–H groups in total. The van der Waals surface area contributed by atoms with E-state index in [1.54, 1.807) is 37.4 Å². The molecule has 0 radical (unpaired) electrons. The van der Waals surface area contributed by atoms with Crippen LogP contribution in [0.5, 0.6) is 11.5 Å². The van der Waals surface area contributed by atoms with Crippen molar-refractivity contribution < 1.29 is 14.2 Å². The number of ether oxygens (including phenoxy) is 1. The minimum absolute atomic E-state index is 0.103. The normalized spacial score (nSPS) is 18.7.